The quantitative estimate of drug-likeness (QED) is 0.315. The molecule has 0 unspecified atom stereocenters. The van der Waals surface area contributed by atoms with Gasteiger partial charge in [-0.1, -0.05) is 0 Å². The van der Waals surface area contributed by atoms with Crippen LogP contribution in [0.3, 0.4) is 0 Å². The van der Waals surface area contributed by atoms with E-state index in [9.17, 15) is 19.2 Å². The molecule has 0 fully saturated rings. The average molecular weight is 275 g/mol. The van der Waals surface area contributed by atoms with Gasteiger partial charge in [0.15, 0.2) is 0 Å². The van der Waals surface area contributed by atoms with Crippen LogP contribution in [-0.2, 0) is 19.1 Å². The second-order valence-electron chi connectivity index (χ2n) is 3.64. The molecule has 9 nitrogen and oxygen atoms in total. The highest BCUT2D eigenvalue weighted by molar-refractivity contribution is 5.86. The number of urea groups is 1. The number of hydrogen-bond acceptors (Lipinski definition) is 5. The Morgan fingerprint density at radius 2 is 1.95 bits per heavy atom. The summed E-state index contributed by atoms with van der Waals surface area (Å²) in [6, 6.07) is -2.12. The van der Waals surface area contributed by atoms with Crippen LogP contribution in [0.4, 0.5) is 4.79 Å². The van der Waals surface area contributed by atoms with Crippen molar-refractivity contribution in [3.05, 3.63) is 0 Å². The molecule has 0 aromatic rings. The van der Waals surface area contributed by atoms with Crippen molar-refractivity contribution in [3.8, 4) is 0 Å². The van der Waals surface area contributed by atoms with E-state index in [1.54, 1.807) is 0 Å². The maximum atomic E-state index is 11.3. The number of carboxylic acids is 1. The minimum Gasteiger partial charge on any atom is -0.480 e. The average Bonchev–Trinajstić information content (AvgIpc) is 2.33. The Labute approximate surface area is 109 Å². The van der Waals surface area contributed by atoms with E-state index in [2.05, 4.69) is 15.4 Å². The number of ether oxygens (including phenoxy) is 1. The van der Waals surface area contributed by atoms with Crippen LogP contribution in [0.5, 0.6) is 0 Å². The molecule has 108 valence electrons. The van der Waals surface area contributed by atoms with E-state index >= 15 is 0 Å². The van der Waals surface area contributed by atoms with Crippen LogP contribution in [0.25, 0.3) is 0 Å². The monoisotopic (exact) mass is 275 g/mol. The Kier molecular flexibility index (Phi) is 7.66. The summed E-state index contributed by atoms with van der Waals surface area (Å²) in [7, 11) is 1.12. The Morgan fingerprint density at radius 3 is 2.42 bits per heavy atom. The maximum Gasteiger partial charge on any atom is 0.326 e. The molecule has 0 aliphatic heterocycles. The van der Waals surface area contributed by atoms with Crippen molar-refractivity contribution in [2.24, 2.45) is 5.73 Å². The third kappa shape index (κ3) is 8.41. The van der Waals surface area contributed by atoms with Gasteiger partial charge in [-0.15, -0.1) is 0 Å². The van der Waals surface area contributed by atoms with E-state index < -0.39 is 36.3 Å². The third-order valence-electron chi connectivity index (χ3n) is 2.09. The Morgan fingerprint density at radius 1 is 1.32 bits per heavy atom. The smallest absolute Gasteiger partial charge is 0.326 e. The fourth-order valence-corrected chi connectivity index (χ4v) is 1.12. The van der Waals surface area contributed by atoms with E-state index in [1.165, 1.54) is 0 Å². The fraction of sp³-hybridized carbons (Fsp3) is 0.600. The van der Waals surface area contributed by atoms with Gasteiger partial charge in [-0.25, -0.2) is 9.59 Å². The van der Waals surface area contributed by atoms with E-state index in [1.807, 2.05) is 0 Å². The van der Waals surface area contributed by atoms with Crippen molar-refractivity contribution < 1.29 is 29.0 Å². The number of aliphatic carboxylic acids is 1. The van der Waals surface area contributed by atoms with Crippen molar-refractivity contribution in [1.29, 1.82) is 0 Å². The molecule has 0 saturated heterocycles. The first-order chi connectivity index (χ1) is 8.86. The van der Waals surface area contributed by atoms with Gasteiger partial charge >= 0.3 is 18.0 Å². The summed E-state index contributed by atoms with van der Waals surface area (Å²) in [6.07, 6.45) is -0.0111. The van der Waals surface area contributed by atoms with E-state index in [-0.39, 0.29) is 13.0 Å². The summed E-state index contributed by atoms with van der Waals surface area (Å²) in [5, 5.41) is 13.2. The summed E-state index contributed by atoms with van der Waals surface area (Å²) in [5.74, 6) is -2.59. The van der Waals surface area contributed by atoms with Crippen LogP contribution in [-0.4, -0.2) is 48.7 Å². The molecular weight excluding hydrogens is 258 g/mol. The summed E-state index contributed by atoms with van der Waals surface area (Å²) in [4.78, 5) is 43.5. The first-order valence-electron chi connectivity index (χ1n) is 5.49. The lowest BCUT2D eigenvalue weighted by atomic mass is 10.2. The zero-order chi connectivity index (χ0) is 14.8. The minimum atomic E-state index is -1.37. The number of esters is 1. The maximum absolute atomic E-state index is 11.3. The highest BCUT2D eigenvalue weighted by Crippen LogP contribution is 1.95. The van der Waals surface area contributed by atoms with Crippen molar-refractivity contribution in [2.75, 3.05) is 13.7 Å². The van der Waals surface area contributed by atoms with E-state index in [0.29, 0.717) is 6.42 Å². The molecule has 9 heteroatoms. The minimum absolute atomic E-state index is 0.116. The Balaban J connectivity index is 4.07. The number of carbonyl (C=O) groups excluding carboxylic acids is 3. The lowest BCUT2D eigenvalue weighted by Crippen LogP contribution is -2.47. The molecule has 0 bridgehead atoms. The lowest BCUT2D eigenvalue weighted by Gasteiger charge is -2.13. The van der Waals surface area contributed by atoms with Gasteiger partial charge in [0.05, 0.1) is 13.5 Å². The summed E-state index contributed by atoms with van der Waals surface area (Å²) in [5.41, 5.74) is 4.90. The largest absolute Gasteiger partial charge is 0.480 e. The number of carboxylic acid groups (broad SMARTS) is 1. The fourth-order valence-electron chi connectivity index (χ4n) is 1.12. The normalized spacial score (nSPS) is 11.2. The van der Waals surface area contributed by atoms with Crippen LogP contribution in [0, 0.1) is 0 Å². The Hall–Kier alpha value is -2.32. The second kappa shape index (κ2) is 8.72. The molecule has 0 radical (unpaired) electrons. The highest BCUT2D eigenvalue weighted by Gasteiger charge is 2.23. The number of nitrogens with one attached hydrogen (secondary N) is 2. The van der Waals surface area contributed by atoms with Gasteiger partial charge in [0.25, 0.3) is 0 Å². The van der Waals surface area contributed by atoms with Gasteiger partial charge in [0, 0.05) is 13.0 Å². The van der Waals surface area contributed by atoms with E-state index in [0.717, 1.165) is 7.11 Å². The second-order valence-corrected chi connectivity index (χ2v) is 3.64. The molecule has 19 heavy (non-hydrogen) atoms. The molecule has 0 saturated carbocycles. The molecule has 0 rings (SSSR count). The van der Waals surface area contributed by atoms with Crippen molar-refractivity contribution >= 4 is 23.9 Å². The van der Waals surface area contributed by atoms with Gasteiger partial charge in [0.2, 0.25) is 5.91 Å². The summed E-state index contributed by atoms with van der Waals surface area (Å²) >= 11 is 0. The van der Waals surface area contributed by atoms with Crippen LogP contribution < -0.4 is 16.4 Å². The number of hydrogen-bond donors (Lipinski definition) is 4. The number of rotatable bonds is 8. The topological polar surface area (TPSA) is 148 Å². The lowest BCUT2D eigenvalue weighted by molar-refractivity contribution is -0.147. The molecule has 5 N–H and O–H groups in total. The van der Waals surface area contributed by atoms with Gasteiger partial charge in [-0.05, 0) is 6.42 Å². The number of nitrogens with two attached hydrogens (primary N) is 1. The molecule has 0 aliphatic rings. The first kappa shape index (κ1) is 16.7. The number of carbonyl (C=O) groups is 4. The molecule has 0 spiro atoms. The third-order valence-corrected chi connectivity index (χ3v) is 2.09. The zero-order valence-corrected chi connectivity index (χ0v) is 10.5. The van der Waals surface area contributed by atoms with Gasteiger partial charge in [0.1, 0.15) is 6.04 Å². The van der Waals surface area contributed by atoms with Crippen molar-refractivity contribution in [1.82, 2.24) is 10.6 Å². The van der Waals surface area contributed by atoms with Crippen LogP contribution in [0.2, 0.25) is 0 Å². The molecule has 1 atom stereocenters. The van der Waals surface area contributed by atoms with Crippen LogP contribution >= 0.6 is 0 Å². The number of amides is 3. The first-order valence-corrected chi connectivity index (χ1v) is 5.49. The SMILES string of the molecule is COC(=O)C[C@H](NC(=O)NCCCC(N)=O)C(=O)O. The predicted octanol–water partition coefficient (Wildman–Crippen LogP) is -1.43. The van der Waals surface area contributed by atoms with Gasteiger partial charge < -0.3 is 26.2 Å². The molecular formula is C10H17N3O6. The number of methoxy groups -OCH3 is 1. The van der Waals surface area contributed by atoms with Crippen LogP contribution in [0.1, 0.15) is 19.3 Å². The molecule has 0 aromatic carbocycles. The molecule has 0 aliphatic carbocycles. The molecule has 0 heterocycles. The predicted molar refractivity (Wildman–Crippen MR) is 63.0 cm³/mol. The summed E-state index contributed by atoms with van der Waals surface area (Å²) in [6.45, 7) is 0.166. The molecule has 3 amide bonds. The van der Waals surface area contributed by atoms with Crippen LogP contribution in [0.15, 0.2) is 0 Å². The zero-order valence-electron chi connectivity index (χ0n) is 10.5. The van der Waals surface area contributed by atoms with Gasteiger partial charge in [-0.3, -0.25) is 9.59 Å². The number of primary amides is 1. The van der Waals surface area contributed by atoms with E-state index in [4.69, 9.17) is 10.8 Å². The molecule has 0 aromatic heterocycles. The summed E-state index contributed by atoms with van der Waals surface area (Å²) < 4.78 is 4.31. The Bertz CT molecular complexity index is 357. The van der Waals surface area contributed by atoms with Gasteiger partial charge in [-0.2, -0.15) is 0 Å². The highest BCUT2D eigenvalue weighted by atomic mass is 16.5. The van der Waals surface area contributed by atoms with Crippen molar-refractivity contribution in [3.63, 3.8) is 0 Å². The van der Waals surface area contributed by atoms with Crippen molar-refractivity contribution in [2.45, 2.75) is 25.3 Å². The standard InChI is InChI=1S/C10H17N3O6/c1-19-8(15)5-6(9(16)17)13-10(18)12-4-2-3-7(11)14/h6H,2-5H2,1H3,(H2,11,14)(H,16,17)(H2,12,13,18)/t6-/m0/s1.